The molecule has 2 aliphatic rings. The molecule has 10 heteroatoms. The van der Waals surface area contributed by atoms with Crippen molar-refractivity contribution in [1.82, 2.24) is 30.5 Å². The summed E-state index contributed by atoms with van der Waals surface area (Å²) in [7, 11) is 5.17. The van der Waals surface area contributed by atoms with E-state index in [1.54, 1.807) is 23.8 Å². The van der Waals surface area contributed by atoms with Gasteiger partial charge in [0.05, 0.1) is 25.8 Å². The molecule has 4 unspecified atom stereocenters. The lowest BCUT2D eigenvalue weighted by Gasteiger charge is -2.27. The third-order valence-electron chi connectivity index (χ3n) is 8.81. The van der Waals surface area contributed by atoms with Gasteiger partial charge in [0.25, 0.3) is 0 Å². The molecule has 2 saturated heterocycles. The molecule has 224 valence electrons. The first-order valence-corrected chi connectivity index (χ1v) is 14.8. The maximum absolute atomic E-state index is 14.0. The fourth-order valence-corrected chi connectivity index (χ4v) is 6.53. The number of fused-ring (bicyclic) bond motifs is 1. The smallest absolute Gasteiger partial charge is 0.243 e. The first-order valence-electron chi connectivity index (χ1n) is 14.8. The van der Waals surface area contributed by atoms with Crippen LogP contribution in [0.5, 0.6) is 11.5 Å². The highest BCUT2D eigenvalue weighted by molar-refractivity contribution is 5.91. The number of nitrogens with one attached hydrogen (secondary N) is 2. The molecule has 4 aromatic rings. The topological polar surface area (TPSA) is 111 Å². The lowest BCUT2D eigenvalue weighted by Crippen LogP contribution is -2.51. The van der Waals surface area contributed by atoms with E-state index in [1.807, 2.05) is 55.6 Å². The Labute approximate surface area is 251 Å². The number of benzene rings is 3. The van der Waals surface area contributed by atoms with E-state index in [4.69, 9.17) is 9.47 Å². The van der Waals surface area contributed by atoms with Crippen molar-refractivity contribution in [3.63, 3.8) is 0 Å². The monoisotopic (exact) mass is 582 g/mol. The SMILES string of the molecule is COc1ccc(CC2CC(C(=O)NCc3ccc4c(c3)nnn4C)N(C(=O)C3CC(c4ccccc4OC)CN3)C2)cc1. The zero-order valence-electron chi connectivity index (χ0n) is 24.8. The van der Waals surface area contributed by atoms with E-state index in [9.17, 15) is 9.59 Å². The molecule has 2 amide bonds. The van der Waals surface area contributed by atoms with Crippen LogP contribution in [-0.2, 0) is 29.6 Å². The highest BCUT2D eigenvalue weighted by Crippen LogP contribution is 2.35. The Kier molecular flexibility index (Phi) is 8.29. The van der Waals surface area contributed by atoms with Gasteiger partial charge in [-0.3, -0.25) is 9.59 Å². The molecule has 10 nitrogen and oxygen atoms in total. The summed E-state index contributed by atoms with van der Waals surface area (Å²) >= 11 is 0. The van der Waals surface area contributed by atoms with E-state index < -0.39 is 6.04 Å². The third kappa shape index (κ3) is 6.06. The van der Waals surface area contributed by atoms with Crippen molar-refractivity contribution >= 4 is 22.8 Å². The maximum Gasteiger partial charge on any atom is 0.243 e. The molecule has 2 aliphatic heterocycles. The maximum atomic E-state index is 14.0. The van der Waals surface area contributed by atoms with Crippen molar-refractivity contribution in [2.45, 2.75) is 43.8 Å². The molecule has 0 aliphatic carbocycles. The fraction of sp³-hybridized carbons (Fsp3) is 0.394. The number of aryl methyl sites for hydroxylation is 1. The number of hydrogen-bond donors (Lipinski definition) is 2. The van der Waals surface area contributed by atoms with Crippen molar-refractivity contribution in [2.75, 3.05) is 27.3 Å². The van der Waals surface area contributed by atoms with Crippen LogP contribution in [0, 0.1) is 5.92 Å². The molecule has 3 heterocycles. The molecular weight excluding hydrogens is 544 g/mol. The molecule has 6 rings (SSSR count). The van der Waals surface area contributed by atoms with Gasteiger partial charge in [-0.05, 0) is 72.2 Å². The van der Waals surface area contributed by atoms with Gasteiger partial charge in [0.1, 0.15) is 23.1 Å². The molecule has 3 aromatic carbocycles. The van der Waals surface area contributed by atoms with Crippen LogP contribution in [0.4, 0.5) is 0 Å². The van der Waals surface area contributed by atoms with Crippen molar-refractivity contribution < 1.29 is 19.1 Å². The Balaban J connectivity index is 1.17. The number of carbonyl (C=O) groups is 2. The van der Waals surface area contributed by atoms with E-state index >= 15 is 0 Å². The molecule has 43 heavy (non-hydrogen) atoms. The van der Waals surface area contributed by atoms with Gasteiger partial charge in [-0.15, -0.1) is 5.10 Å². The van der Waals surface area contributed by atoms with Gasteiger partial charge in [0.2, 0.25) is 11.8 Å². The number of rotatable bonds is 9. The second kappa shape index (κ2) is 12.4. The van der Waals surface area contributed by atoms with Crippen molar-refractivity contribution in [2.24, 2.45) is 13.0 Å². The summed E-state index contributed by atoms with van der Waals surface area (Å²) in [4.78, 5) is 29.5. The number of likely N-dealkylation sites (tertiary alicyclic amines) is 1. The number of aromatic nitrogens is 3. The van der Waals surface area contributed by atoms with Gasteiger partial charge in [0.15, 0.2) is 0 Å². The van der Waals surface area contributed by atoms with Crippen LogP contribution in [0.3, 0.4) is 0 Å². The number of para-hydroxylation sites is 1. The zero-order valence-corrected chi connectivity index (χ0v) is 24.8. The van der Waals surface area contributed by atoms with E-state index in [-0.39, 0.29) is 29.7 Å². The zero-order chi connectivity index (χ0) is 29.9. The molecular formula is C33H38N6O4. The minimum Gasteiger partial charge on any atom is -0.497 e. The van der Waals surface area contributed by atoms with Gasteiger partial charge >= 0.3 is 0 Å². The van der Waals surface area contributed by atoms with Crippen LogP contribution in [0.1, 0.15) is 35.4 Å². The number of ether oxygens (including phenoxy) is 2. The molecule has 0 radical (unpaired) electrons. The first kappa shape index (κ1) is 28.7. The van der Waals surface area contributed by atoms with E-state index in [0.29, 0.717) is 32.5 Å². The van der Waals surface area contributed by atoms with Gasteiger partial charge in [-0.2, -0.15) is 0 Å². The van der Waals surface area contributed by atoms with Gasteiger partial charge in [0, 0.05) is 32.6 Å². The minimum absolute atomic E-state index is 0.0178. The van der Waals surface area contributed by atoms with E-state index in [2.05, 4.69) is 39.1 Å². The number of amides is 2. The quantitative estimate of drug-likeness (QED) is 0.312. The number of nitrogens with zero attached hydrogens (tertiary/aromatic N) is 4. The van der Waals surface area contributed by atoms with Crippen LogP contribution in [0.15, 0.2) is 66.7 Å². The number of carbonyl (C=O) groups excluding carboxylic acids is 2. The molecule has 0 spiro atoms. The average Bonchev–Trinajstić information content (AvgIpc) is 3.79. The van der Waals surface area contributed by atoms with Crippen molar-refractivity contribution in [3.05, 3.63) is 83.4 Å². The van der Waals surface area contributed by atoms with Crippen LogP contribution >= 0.6 is 0 Å². The summed E-state index contributed by atoms with van der Waals surface area (Å²) in [6.07, 6.45) is 2.05. The molecule has 4 atom stereocenters. The first-order chi connectivity index (χ1) is 20.9. The summed E-state index contributed by atoms with van der Waals surface area (Å²) in [5.41, 5.74) is 4.90. The van der Waals surface area contributed by atoms with Crippen LogP contribution in [0.2, 0.25) is 0 Å². The van der Waals surface area contributed by atoms with Crippen LogP contribution in [-0.4, -0.2) is 71.1 Å². The highest BCUT2D eigenvalue weighted by Gasteiger charge is 2.43. The average molecular weight is 583 g/mol. The van der Waals surface area contributed by atoms with E-state index in [1.165, 1.54) is 0 Å². The predicted molar refractivity (Wildman–Crippen MR) is 163 cm³/mol. The number of hydrogen-bond acceptors (Lipinski definition) is 7. The Morgan fingerprint density at radius 2 is 1.79 bits per heavy atom. The number of methoxy groups -OCH3 is 2. The summed E-state index contributed by atoms with van der Waals surface area (Å²) < 4.78 is 12.6. The van der Waals surface area contributed by atoms with Crippen LogP contribution in [0.25, 0.3) is 11.0 Å². The van der Waals surface area contributed by atoms with Gasteiger partial charge in [-0.25, -0.2) is 4.68 Å². The summed E-state index contributed by atoms with van der Waals surface area (Å²) in [6.45, 7) is 1.57. The normalized spacial score (nSPS) is 21.7. The predicted octanol–water partition coefficient (Wildman–Crippen LogP) is 3.21. The highest BCUT2D eigenvalue weighted by atomic mass is 16.5. The lowest BCUT2D eigenvalue weighted by atomic mass is 9.95. The largest absolute Gasteiger partial charge is 0.497 e. The molecule has 0 saturated carbocycles. The summed E-state index contributed by atoms with van der Waals surface area (Å²) in [5, 5.41) is 14.8. The van der Waals surface area contributed by atoms with Gasteiger partial charge < -0.3 is 25.0 Å². The third-order valence-corrected chi connectivity index (χ3v) is 8.81. The molecule has 2 fully saturated rings. The van der Waals surface area contributed by atoms with Crippen LogP contribution < -0.4 is 20.1 Å². The second-order valence-corrected chi connectivity index (χ2v) is 11.5. The van der Waals surface area contributed by atoms with Crippen molar-refractivity contribution in [3.8, 4) is 11.5 Å². The molecule has 2 N–H and O–H groups in total. The molecule has 1 aromatic heterocycles. The van der Waals surface area contributed by atoms with Gasteiger partial charge in [-0.1, -0.05) is 41.6 Å². The Morgan fingerprint density at radius 1 is 1.00 bits per heavy atom. The Hall–Kier alpha value is -4.44. The second-order valence-electron chi connectivity index (χ2n) is 11.5. The fourth-order valence-electron chi connectivity index (χ4n) is 6.53. The summed E-state index contributed by atoms with van der Waals surface area (Å²) in [5.74, 6) is 1.81. The summed E-state index contributed by atoms with van der Waals surface area (Å²) in [6, 6.07) is 20.9. The Bertz CT molecular complexity index is 1600. The van der Waals surface area contributed by atoms with Crippen molar-refractivity contribution in [1.29, 1.82) is 0 Å². The Morgan fingerprint density at radius 3 is 2.58 bits per heavy atom. The van der Waals surface area contributed by atoms with E-state index in [0.717, 1.165) is 45.6 Å². The molecule has 0 bridgehead atoms. The minimum atomic E-state index is -0.539. The standard InChI is InChI=1S/C33H38N6O4/c1-38-29-13-10-22(15-27(29)36-37-38)18-35-32(40)30-16-23(14-21-8-11-25(42-2)12-9-21)20-39(30)33(41)28-17-24(19-34-28)26-6-4-5-7-31(26)43-3/h4-13,15,23-24,28,30,34H,14,16-20H2,1-3H3,(H,35,40). The lowest BCUT2D eigenvalue weighted by molar-refractivity contribution is -0.139.